The van der Waals surface area contributed by atoms with E-state index >= 15 is 0 Å². The van der Waals surface area contributed by atoms with Gasteiger partial charge in [-0.05, 0) is 56.2 Å². The van der Waals surface area contributed by atoms with Gasteiger partial charge in [0, 0.05) is 21.9 Å². The van der Waals surface area contributed by atoms with Gasteiger partial charge in [0.1, 0.15) is 0 Å². The van der Waals surface area contributed by atoms with E-state index in [0.717, 1.165) is 31.2 Å². The van der Waals surface area contributed by atoms with Gasteiger partial charge in [0.05, 0.1) is 0 Å². The molecule has 0 unspecified atom stereocenters. The van der Waals surface area contributed by atoms with Crippen LogP contribution >= 0.6 is 23.4 Å². The number of hydrogen-bond donors (Lipinski definition) is 1. The zero-order chi connectivity index (χ0) is 13.0. The largest absolute Gasteiger partial charge is 0.349 e. The molecule has 0 bridgehead atoms. The van der Waals surface area contributed by atoms with Crippen LogP contribution in [0.4, 0.5) is 0 Å². The summed E-state index contributed by atoms with van der Waals surface area (Å²) in [6.07, 6.45) is 6.00. The lowest BCUT2D eigenvalue weighted by molar-refractivity contribution is 0.0928. The molecule has 1 saturated carbocycles. The van der Waals surface area contributed by atoms with Crippen LogP contribution in [-0.2, 0) is 0 Å². The number of amides is 1. The number of rotatable bonds is 3. The minimum Gasteiger partial charge on any atom is -0.349 e. The number of halogens is 1. The summed E-state index contributed by atoms with van der Waals surface area (Å²) in [5, 5.41) is 3.38. The van der Waals surface area contributed by atoms with Crippen LogP contribution in [0.25, 0.3) is 0 Å². The number of carbonyl (C=O) groups excluding carboxylic acids is 1. The van der Waals surface area contributed by atoms with Gasteiger partial charge in [-0.3, -0.25) is 4.79 Å². The van der Waals surface area contributed by atoms with E-state index in [-0.39, 0.29) is 11.9 Å². The van der Waals surface area contributed by atoms with Crippen LogP contribution in [0.5, 0.6) is 0 Å². The minimum absolute atomic E-state index is 0.0284. The van der Waals surface area contributed by atoms with Gasteiger partial charge in [0.25, 0.3) is 5.91 Å². The molecule has 1 fully saturated rings. The summed E-state index contributed by atoms with van der Waals surface area (Å²) in [5.41, 5.74) is 0.737. The average molecular weight is 284 g/mol. The van der Waals surface area contributed by atoms with Crippen molar-refractivity contribution in [2.45, 2.75) is 42.0 Å². The Balaban J connectivity index is 1.90. The highest BCUT2D eigenvalue weighted by Gasteiger charge is 2.21. The summed E-state index contributed by atoms with van der Waals surface area (Å²) >= 11 is 7.73. The first-order chi connectivity index (χ1) is 8.69. The molecule has 1 aliphatic rings. The predicted octanol–water partition coefficient (Wildman–Crippen LogP) is 3.69. The Morgan fingerprint density at radius 3 is 2.39 bits per heavy atom. The summed E-state index contributed by atoms with van der Waals surface area (Å²) in [7, 11) is 0. The molecule has 2 nitrogen and oxygen atoms in total. The highest BCUT2D eigenvalue weighted by molar-refractivity contribution is 7.98. The Labute approximate surface area is 117 Å². The molecule has 1 aliphatic carbocycles. The second kappa shape index (κ2) is 6.48. The van der Waals surface area contributed by atoms with Gasteiger partial charge >= 0.3 is 0 Å². The number of hydrogen-bond acceptors (Lipinski definition) is 2. The van der Waals surface area contributed by atoms with Crippen LogP contribution in [0.3, 0.4) is 0 Å². The Morgan fingerprint density at radius 2 is 1.83 bits per heavy atom. The van der Waals surface area contributed by atoms with Gasteiger partial charge in [0.15, 0.2) is 0 Å². The molecule has 1 N–H and O–H groups in total. The van der Waals surface area contributed by atoms with Crippen LogP contribution < -0.4 is 5.32 Å². The highest BCUT2D eigenvalue weighted by Crippen LogP contribution is 2.23. The van der Waals surface area contributed by atoms with Crippen molar-refractivity contribution < 1.29 is 4.79 Å². The van der Waals surface area contributed by atoms with E-state index in [9.17, 15) is 4.79 Å². The molecule has 1 aromatic carbocycles. The summed E-state index contributed by atoms with van der Waals surface area (Å²) in [5.74, 6) is 0.0284. The topological polar surface area (TPSA) is 29.1 Å². The molecule has 0 aliphatic heterocycles. The van der Waals surface area contributed by atoms with E-state index in [1.54, 1.807) is 11.8 Å². The number of alkyl halides is 1. The molecule has 0 spiro atoms. The van der Waals surface area contributed by atoms with Crippen LogP contribution in [0.2, 0.25) is 0 Å². The molecule has 1 amide bonds. The molecule has 0 radical (unpaired) electrons. The fraction of sp³-hybridized carbons (Fsp3) is 0.500. The maximum absolute atomic E-state index is 12.0. The SMILES string of the molecule is CSc1ccc(C(=O)NC2CCC(Cl)CC2)cc1. The van der Waals surface area contributed by atoms with Crippen LogP contribution in [0, 0.1) is 0 Å². The highest BCUT2D eigenvalue weighted by atomic mass is 35.5. The Kier molecular flexibility index (Phi) is 4.95. The van der Waals surface area contributed by atoms with Gasteiger partial charge in [-0.1, -0.05) is 0 Å². The van der Waals surface area contributed by atoms with Crippen molar-refractivity contribution in [1.82, 2.24) is 5.32 Å². The van der Waals surface area contributed by atoms with Crippen molar-refractivity contribution in [2.24, 2.45) is 0 Å². The first-order valence-corrected chi connectivity index (χ1v) is 7.94. The van der Waals surface area contributed by atoms with Gasteiger partial charge in [-0.2, -0.15) is 0 Å². The molecule has 0 atom stereocenters. The fourth-order valence-electron chi connectivity index (χ4n) is 2.21. The second-order valence-corrected chi connectivity index (χ2v) is 6.15. The second-order valence-electron chi connectivity index (χ2n) is 4.65. The van der Waals surface area contributed by atoms with Gasteiger partial charge in [0.2, 0.25) is 0 Å². The number of nitrogens with one attached hydrogen (secondary N) is 1. The minimum atomic E-state index is 0.0284. The molecule has 2 rings (SSSR count). The van der Waals surface area contributed by atoms with Gasteiger partial charge < -0.3 is 5.32 Å². The third-order valence-corrected chi connectivity index (χ3v) is 4.52. The van der Waals surface area contributed by atoms with E-state index in [4.69, 9.17) is 11.6 Å². The van der Waals surface area contributed by atoms with Crippen molar-refractivity contribution in [2.75, 3.05) is 6.26 Å². The lowest BCUT2D eigenvalue weighted by atomic mass is 9.95. The monoisotopic (exact) mass is 283 g/mol. The maximum Gasteiger partial charge on any atom is 0.251 e. The van der Waals surface area contributed by atoms with E-state index in [0.29, 0.717) is 5.38 Å². The standard InChI is InChI=1S/C14H18ClNOS/c1-18-13-8-2-10(3-9-13)14(17)16-12-6-4-11(15)5-7-12/h2-3,8-9,11-12H,4-7H2,1H3,(H,16,17). The lowest BCUT2D eigenvalue weighted by Gasteiger charge is -2.25. The summed E-state index contributed by atoms with van der Waals surface area (Å²) in [6.45, 7) is 0. The zero-order valence-electron chi connectivity index (χ0n) is 10.5. The third-order valence-electron chi connectivity index (χ3n) is 3.34. The van der Waals surface area contributed by atoms with Crippen molar-refractivity contribution in [3.8, 4) is 0 Å². The molecule has 18 heavy (non-hydrogen) atoms. The van der Waals surface area contributed by atoms with Crippen molar-refractivity contribution >= 4 is 29.3 Å². The summed E-state index contributed by atoms with van der Waals surface area (Å²) in [4.78, 5) is 13.2. The molecule has 0 aromatic heterocycles. The molecular weight excluding hydrogens is 266 g/mol. The molecule has 1 aromatic rings. The Bertz CT molecular complexity index is 399. The van der Waals surface area contributed by atoms with Crippen molar-refractivity contribution in [1.29, 1.82) is 0 Å². The molecule has 98 valence electrons. The van der Waals surface area contributed by atoms with Crippen LogP contribution in [0.1, 0.15) is 36.0 Å². The number of thioether (sulfide) groups is 1. The quantitative estimate of drug-likeness (QED) is 0.677. The number of carbonyl (C=O) groups is 1. The molecule has 4 heteroatoms. The Morgan fingerprint density at radius 1 is 1.22 bits per heavy atom. The lowest BCUT2D eigenvalue weighted by Crippen LogP contribution is -2.37. The van der Waals surface area contributed by atoms with E-state index in [1.165, 1.54) is 4.90 Å². The predicted molar refractivity (Wildman–Crippen MR) is 77.6 cm³/mol. The normalized spacial score (nSPS) is 23.7. The van der Waals surface area contributed by atoms with Crippen LogP contribution in [0.15, 0.2) is 29.2 Å². The maximum atomic E-state index is 12.0. The first-order valence-electron chi connectivity index (χ1n) is 6.28. The molecule has 0 saturated heterocycles. The van der Waals surface area contributed by atoms with Crippen molar-refractivity contribution in [3.05, 3.63) is 29.8 Å². The van der Waals surface area contributed by atoms with Gasteiger partial charge in [-0.15, -0.1) is 23.4 Å². The van der Waals surface area contributed by atoms with E-state index in [1.807, 2.05) is 30.5 Å². The first kappa shape index (κ1) is 13.8. The molecule has 0 heterocycles. The molecular formula is C14H18ClNOS. The van der Waals surface area contributed by atoms with E-state index in [2.05, 4.69) is 5.32 Å². The third kappa shape index (κ3) is 3.66. The smallest absolute Gasteiger partial charge is 0.251 e. The van der Waals surface area contributed by atoms with Gasteiger partial charge in [-0.25, -0.2) is 0 Å². The number of benzene rings is 1. The summed E-state index contributed by atoms with van der Waals surface area (Å²) < 4.78 is 0. The fourth-order valence-corrected chi connectivity index (χ4v) is 2.87. The zero-order valence-corrected chi connectivity index (χ0v) is 12.1. The van der Waals surface area contributed by atoms with Crippen molar-refractivity contribution in [3.63, 3.8) is 0 Å². The van der Waals surface area contributed by atoms with E-state index < -0.39 is 0 Å². The van der Waals surface area contributed by atoms with Crippen LogP contribution in [-0.4, -0.2) is 23.6 Å². The Hall–Kier alpha value is -0.670. The average Bonchev–Trinajstić information content (AvgIpc) is 2.41. The summed E-state index contributed by atoms with van der Waals surface area (Å²) in [6, 6.07) is 8.01.